The largest absolute Gasteiger partial charge is 0.464 e. The van der Waals surface area contributed by atoms with Crippen molar-refractivity contribution in [3.8, 4) is 0 Å². The van der Waals surface area contributed by atoms with Crippen LogP contribution < -0.4 is 15.9 Å². The Hall–Kier alpha value is -3.14. The molecular weight excluding hydrogens is 435 g/mol. The Kier molecular flexibility index (Phi) is 8.65. The second-order valence-corrected chi connectivity index (χ2v) is 10.5. The van der Waals surface area contributed by atoms with E-state index in [2.05, 4.69) is 0 Å². The van der Waals surface area contributed by atoms with Gasteiger partial charge in [-0.3, -0.25) is 0 Å². The van der Waals surface area contributed by atoms with E-state index >= 15 is 0 Å². The summed E-state index contributed by atoms with van der Waals surface area (Å²) in [4.78, 5) is 26.8. The van der Waals surface area contributed by atoms with Gasteiger partial charge in [-0.2, -0.15) is 0 Å². The quantitative estimate of drug-likeness (QED) is 0.359. The summed E-state index contributed by atoms with van der Waals surface area (Å²) < 4.78 is 16.6. The molecule has 0 spiro atoms. The Labute approximate surface area is 195 Å². The fraction of sp³-hybridized carbons (Fsp3) is 0.222. The standard InChI is InChI=1S/C27H29O5P/c1-4-31-26(28)24(30-3)25(27(29)32-5-2)33(21-15-9-6-10-16-21,22-17-11-7-12-18-22)23-19-13-8-14-20-23/h6-20,24H,4-5H2,1-3H3. The zero-order valence-corrected chi connectivity index (χ0v) is 20.0. The monoisotopic (exact) mass is 464 g/mol. The number of hydrogen-bond acceptors (Lipinski definition) is 5. The molecule has 0 aliphatic heterocycles. The van der Waals surface area contributed by atoms with E-state index in [0.29, 0.717) is 0 Å². The molecule has 0 aliphatic carbocycles. The number of methoxy groups -OCH3 is 1. The summed E-state index contributed by atoms with van der Waals surface area (Å²) in [5, 5.41) is 3.00. The van der Waals surface area contributed by atoms with E-state index in [1.54, 1.807) is 13.8 Å². The van der Waals surface area contributed by atoms with Gasteiger partial charge in [-0.1, -0.05) is 91.0 Å². The van der Waals surface area contributed by atoms with Crippen molar-refractivity contribution in [3.05, 3.63) is 91.0 Å². The fourth-order valence-electron chi connectivity index (χ4n) is 3.98. The predicted molar refractivity (Wildman–Crippen MR) is 134 cm³/mol. The van der Waals surface area contributed by atoms with Crippen LogP contribution in [0.4, 0.5) is 0 Å². The van der Waals surface area contributed by atoms with Gasteiger partial charge in [0.05, 0.1) is 18.5 Å². The van der Waals surface area contributed by atoms with Crippen LogP contribution in [0.3, 0.4) is 0 Å². The molecular formula is C27H29O5P. The number of rotatable bonds is 9. The molecule has 3 aromatic rings. The Bertz CT molecular complexity index is 1010. The normalized spacial score (nSPS) is 12.0. The third kappa shape index (κ3) is 4.95. The molecule has 0 radical (unpaired) electrons. The third-order valence-corrected chi connectivity index (χ3v) is 9.62. The number of hydrogen-bond donors (Lipinski definition) is 0. The fourth-order valence-corrected chi connectivity index (χ4v) is 8.47. The van der Waals surface area contributed by atoms with Crippen molar-refractivity contribution in [2.24, 2.45) is 0 Å². The van der Waals surface area contributed by atoms with Crippen LogP contribution in [0.25, 0.3) is 0 Å². The molecule has 0 aromatic heterocycles. The average molecular weight is 464 g/mol. The first-order valence-electron chi connectivity index (χ1n) is 10.9. The smallest absolute Gasteiger partial charge is 0.340 e. The summed E-state index contributed by atoms with van der Waals surface area (Å²) in [6.45, 7) is 0.923. The zero-order valence-electron chi connectivity index (χ0n) is 19.1. The second kappa shape index (κ2) is 11.6. The van der Waals surface area contributed by atoms with Crippen LogP contribution in [0.5, 0.6) is 0 Å². The van der Waals surface area contributed by atoms with Crippen LogP contribution in [0.15, 0.2) is 91.0 Å². The number of benzene rings is 3. The van der Waals surface area contributed by atoms with Crippen LogP contribution in [-0.4, -0.2) is 43.7 Å². The van der Waals surface area contributed by atoms with Crippen molar-refractivity contribution in [1.82, 2.24) is 0 Å². The first kappa shape index (κ1) is 24.5. The highest BCUT2D eigenvalue weighted by molar-refractivity contribution is 7.96. The molecule has 33 heavy (non-hydrogen) atoms. The van der Waals surface area contributed by atoms with Crippen molar-refractivity contribution in [2.75, 3.05) is 20.3 Å². The van der Waals surface area contributed by atoms with Crippen LogP contribution in [0, 0.1) is 0 Å². The lowest BCUT2D eigenvalue weighted by atomic mass is 10.2. The average Bonchev–Trinajstić information content (AvgIpc) is 2.86. The molecule has 6 heteroatoms. The van der Waals surface area contributed by atoms with Crippen molar-refractivity contribution < 1.29 is 23.8 Å². The van der Waals surface area contributed by atoms with Crippen molar-refractivity contribution in [2.45, 2.75) is 20.0 Å². The predicted octanol–water partition coefficient (Wildman–Crippen LogP) is 3.29. The summed E-state index contributed by atoms with van der Waals surface area (Å²) in [5.74, 6) is -1.18. The molecule has 0 saturated carbocycles. The SMILES string of the molecule is CCOC(=O)C(C(OC)C(=O)OCC)=P(c1ccccc1)(c1ccccc1)c1ccccc1. The molecule has 1 unspecified atom stereocenters. The lowest BCUT2D eigenvalue weighted by Gasteiger charge is -2.34. The van der Waals surface area contributed by atoms with Crippen LogP contribution >= 0.6 is 6.89 Å². The van der Waals surface area contributed by atoms with Gasteiger partial charge in [-0.25, -0.2) is 9.59 Å². The van der Waals surface area contributed by atoms with Crippen LogP contribution in [-0.2, 0) is 23.8 Å². The van der Waals surface area contributed by atoms with Crippen LogP contribution in [0.2, 0.25) is 0 Å². The maximum atomic E-state index is 13.7. The van der Waals surface area contributed by atoms with Crippen molar-refractivity contribution in [3.63, 3.8) is 0 Å². The van der Waals surface area contributed by atoms with E-state index in [0.717, 1.165) is 15.9 Å². The summed E-state index contributed by atoms with van der Waals surface area (Å²) >= 11 is 0. The Morgan fingerprint density at radius 2 is 1.09 bits per heavy atom. The van der Waals surface area contributed by atoms with Gasteiger partial charge in [0.2, 0.25) is 0 Å². The Morgan fingerprint density at radius 3 is 1.42 bits per heavy atom. The second-order valence-electron chi connectivity index (χ2n) is 7.15. The molecule has 0 saturated heterocycles. The maximum Gasteiger partial charge on any atom is 0.340 e. The van der Waals surface area contributed by atoms with E-state index in [9.17, 15) is 9.59 Å². The van der Waals surface area contributed by atoms with Gasteiger partial charge in [0.1, 0.15) is 0 Å². The molecule has 3 rings (SSSR count). The van der Waals surface area contributed by atoms with E-state index in [-0.39, 0.29) is 18.5 Å². The van der Waals surface area contributed by atoms with E-state index in [1.165, 1.54) is 7.11 Å². The number of carbonyl (C=O) groups excluding carboxylic acids is 2. The minimum atomic E-state index is -2.88. The first-order chi connectivity index (χ1) is 16.1. The minimum absolute atomic E-state index is 0.167. The summed E-state index contributed by atoms with van der Waals surface area (Å²) in [6.07, 6.45) is -1.22. The first-order valence-corrected chi connectivity index (χ1v) is 12.7. The maximum absolute atomic E-state index is 13.7. The molecule has 5 nitrogen and oxygen atoms in total. The highest BCUT2D eigenvalue weighted by Gasteiger charge is 2.41. The molecule has 0 amide bonds. The van der Waals surface area contributed by atoms with Gasteiger partial charge >= 0.3 is 11.9 Å². The molecule has 0 fully saturated rings. The molecule has 0 bridgehead atoms. The number of carbonyl (C=O) groups is 2. The van der Waals surface area contributed by atoms with Gasteiger partial charge in [0.25, 0.3) is 0 Å². The molecule has 0 heterocycles. The van der Waals surface area contributed by atoms with Gasteiger partial charge < -0.3 is 14.2 Å². The van der Waals surface area contributed by atoms with E-state index in [1.807, 2.05) is 91.0 Å². The van der Waals surface area contributed by atoms with Gasteiger partial charge in [0.15, 0.2) is 6.10 Å². The Morgan fingerprint density at radius 1 is 0.697 bits per heavy atom. The summed E-state index contributed by atoms with van der Waals surface area (Å²) in [5.41, 5.74) is 0. The number of ether oxygens (including phenoxy) is 3. The lowest BCUT2D eigenvalue weighted by molar-refractivity contribution is -0.152. The Balaban J connectivity index is 2.62. The summed E-state index contributed by atoms with van der Waals surface area (Å²) in [6, 6.07) is 29.3. The van der Waals surface area contributed by atoms with Gasteiger partial charge in [-0.05, 0) is 36.6 Å². The van der Waals surface area contributed by atoms with Crippen molar-refractivity contribution in [1.29, 1.82) is 0 Å². The third-order valence-electron chi connectivity index (χ3n) is 5.26. The molecule has 172 valence electrons. The topological polar surface area (TPSA) is 61.8 Å². The highest BCUT2D eigenvalue weighted by Crippen LogP contribution is 2.47. The summed E-state index contributed by atoms with van der Waals surface area (Å²) in [7, 11) is 1.41. The van der Waals surface area contributed by atoms with E-state index < -0.39 is 24.9 Å². The zero-order chi connectivity index (χ0) is 23.7. The molecule has 1 atom stereocenters. The van der Waals surface area contributed by atoms with Gasteiger partial charge in [0, 0.05) is 7.11 Å². The molecule has 0 N–H and O–H groups in total. The van der Waals surface area contributed by atoms with E-state index in [4.69, 9.17) is 14.2 Å². The molecule has 0 aliphatic rings. The van der Waals surface area contributed by atoms with Gasteiger partial charge in [-0.15, -0.1) is 0 Å². The molecule has 3 aromatic carbocycles. The lowest BCUT2D eigenvalue weighted by Crippen LogP contribution is -2.45. The highest BCUT2D eigenvalue weighted by atomic mass is 31.2. The minimum Gasteiger partial charge on any atom is -0.464 e. The number of esters is 2. The van der Waals surface area contributed by atoms with Crippen LogP contribution in [0.1, 0.15) is 13.8 Å². The van der Waals surface area contributed by atoms with Crippen molar-refractivity contribution >= 4 is 40.0 Å².